The molecule has 18 heavy (non-hydrogen) atoms. The fourth-order valence-electron chi connectivity index (χ4n) is 4.66. The Labute approximate surface area is 110 Å². The van der Waals surface area contributed by atoms with Crippen molar-refractivity contribution in [2.24, 2.45) is 5.41 Å². The summed E-state index contributed by atoms with van der Waals surface area (Å²) < 4.78 is 0. The zero-order valence-electron chi connectivity index (χ0n) is 11.3. The third-order valence-corrected chi connectivity index (χ3v) is 5.83. The number of likely N-dealkylation sites (tertiary alicyclic amines) is 1. The number of rotatable bonds is 1. The van der Waals surface area contributed by atoms with Gasteiger partial charge in [-0.3, -0.25) is 4.90 Å². The van der Waals surface area contributed by atoms with E-state index in [0.717, 1.165) is 0 Å². The summed E-state index contributed by atoms with van der Waals surface area (Å²) in [5.74, 6) is 0. The number of nitrogens with zero attached hydrogens (tertiary/aromatic N) is 1. The monoisotopic (exact) mass is 250 g/mol. The van der Waals surface area contributed by atoms with Crippen LogP contribution in [-0.2, 0) is 0 Å². The molecule has 3 N–H and O–H groups in total. The Morgan fingerprint density at radius 3 is 2.83 bits per heavy atom. The maximum atomic E-state index is 3.80. The molecule has 4 fully saturated rings. The molecule has 0 saturated carbocycles. The van der Waals surface area contributed by atoms with Gasteiger partial charge in [-0.1, -0.05) is 0 Å². The van der Waals surface area contributed by atoms with Crippen molar-refractivity contribution in [3.63, 3.8) is 0 Å². The van der Waals surface area contributed by atoms with Crippen LogP contribution in [0.3, 0.4) is 0 Å². The van der Waals surface area contributed by atoms with Gasteiger partial charge in [0.15, 0.2) is 0 Å². The van der Waals surface area contributed by atoms with E-state index in [1.54, 1.807) is 0 Å². The lowest BCUT2D eigenvalue weighted by atomic mass is 9.86. The maximum Gasteiger partial charge on any atom is 0.0604 e. The molecule has 0 bridgehead atoms. The summed E-state index contributed by atoms with van der Waals surface area (Å²) in [5, 5.41) is 11.1. The topological polar surface area (TPSA) is 39.3 Å². The molecule has 4 saturated heterocycles. The maximum absolute atomic E-state index is 3.80. The molecular formula is C14H26N4. The molecule has 4 heterocycles. The Balaban J connectivity index is 1.40. The van der Waals surface area contributed by atoms with Crippen molar-refractivity contribution >= 4 is 0 Å². The molecule has 0 amide bonds. The highest BCUT2D eigenvalue weighted by atomic mass is 15.3. The van der Waals surface area contributed by atoms with Gasteiger partial charge in [0.2, 0.25) is 0 Å². The summed E-state index contributed by atoms with van der Waals surface area (Å²) in [4.78, 5) is 2.71. The lowest BCUT2D eigenvalue weighted by Gasteiger charge is -2.29. The second-order valence-corrected chi connectivity index (χ2v) is 7.06. The van der Waals surface area contributed by atoms with Crippen LogP contribution in [0.2, 0.25) is 0 Å². The van der Waals surface area contributed by atoms with E-state index in [-0.39, 0.29) is 0 Å². The highest BCUT2D eigenvalue weighted by Gasteiger charge is 2.47. The van der Waals surface area contributed by atoms with Crippen molar-refractivity contribution < 1.29 is 0 Å². The number of hydrogen-bond acceptors (Lipinski definition) is 4. The average Bonchev–Trinajstić information content (AvgIpc) is 3.12. The van der Waals surface area contributed by atoms with Crippen LogP contribution in [0.1, 0.15) is 32.1 Å². The predicted molar refractivity (Wildman–Crippen MR) is 72.5 cm³/mol. The SMILES string of the molecule is C1CNC2(C1)CCN(C1CC3(CCNC3)CN1)C2. The lowest BCUT2D eigenvalue weighted by Crippen LogP contribution is -2.46. The number of hydrogen-bond donors (Lipinski definition) is 3. The molecule has 4 aliphatic rings. The minimum Gasteiger partial charge on any atom is -0.316 e. The van der Waals surface area contributed by atoms with Crippen molar-refractivity contribution in [2.75, 3.05) is 39.3 Å². The molecule has 102 valence electrons. The van der Waals surface area contributed by atoms with Crippen molar-refractivity contribution in [2.45, 2.75) is 43.8 Å². The minimum absolute atomic E-state index is 0.478. The molecular weight excluding hydrogens is 224 g/mol. The van der Waals surface area contributed by atoms with Crippen LogP contribution in [0.15, 0.2) is 0 Å². The van der Waals surface area contributed by atoms with Crippen LogP contribution >= 0.6 is 0 Å². The first-order valence-electron chi connectivity index (χ1n) is 7.73. The van der Waals surface area contributed by atoms with Gasteiger partial charge in [0, 0.05) is 31.7 Å². The Kier molecular flexibility index (Phi) is 2.70. The summed E-state index contributed by atoms with van der Waals surface area (Å²) in [6.45, 7) is 7.47. The summed E-state index contributed by atoms with van der Waals surface area (Å²) >= 11 is 0. The second kappa shape index (κ2) is 4.17. The summed E-state index contributed by atoms with van der Waals surface area (Å²) in [7, 11) is 0. The molecule has 2 spiro atoms. The van der Waals surface area contributed by atoms with Gasteiger partial charge in [0.25, 0.3) is 0 Å². The molecule has 0 aromatic rings. The first-order chi connectivity index (χ1) is 8.79. The van der Waals surface area contributed by atoms with Crippen LogP contribution in [-0.4, -0.2) is 55.9 Å². The third-order valence-electron chi connectivity index (χ3n) is 5.83. The smallest absolute Gasteiger partial charge is 0.0604 e. The van der Waals surface area contributed by atoms with Crippen molar-refractivity contribution in [1.82, 2.24) is 20.9 Å². The third kappa shape index (κ3) is 1.82. The van der Waals surface area contributed by atoms with E-state index in [0.29, 0.717) is 17.1 Å². The van der Waals surface area contributed by atoms with Crippen LogP contribution in [0.4, 0.5) is 0 Å². The van der Waals surface area contributed by atoms with Gasteiger partial charge in [-0.15, -0.1) is 0 Å². The van der Waals surface area contributed by atoms with Gasteiger partial charge < -0.3 is 16.0 Å². The molecule has 0 aliphatic carbocycles. The van der Waals surface area contributed by atoms with Gasteiger partial charge in [0.1, 0.15) is 0 Å². The molecule has 4 aliphatic heterocycles. The van der Waals surface area contributed by atoms with Gasteiger partial charge in [-0.2, -0.15) is 0 Å². The Hall–Kier alpha value is -0.160. The second-order valence-electron chi connectivity index (χ2n) is 7.06. The molecule has 3 atom stereocenters. The molecule has 4 nitrogen and oxygen atoms in total. The normalized spacial score (nSPS) is 49.0. The molecule has 0 aromatic heterocycles. The van der Waals surface area contributed by atoms with E-state index in [2.05, 4.69) is 20.9 Å². The average molecular weight is 250 g/mol. The van der Waals surface area contributed by atoms with E-state index in [1.165, 1.54) is 71.4 Å². The Morgan fingerprint density at radius 2 is 2.06 bits per heavy atom. The largest absolute Gasteiger partial charge is 0.316 e. The van der Waals surface area contributed by atoms with Crippen LogP contribution in [0, 0.1) is 5.41 Å². The standard InChI is InChI=1S/C14H26N4/c1-2-14(17-5-1)4-7-18(11-14)12-8-13(10-16-12)3-6-15-9-13/h12,15-17H,1-11H2. The first-order valence-corrected chi connectivity index (χ1v) is 7.73. The number of nitrogens with one attached hydrogen (secondary N) is 3. The van der Waals surface area contributed by atoms with Crippen molar-refractivity contribution in [3.05, 3.63) is 0 Å². The fourth-order valence-corrected chi connectivity index (χ4v) is 4.66. The molecule has 4 rings (SSSR count). The zero-order valence-corrected chi connectivity index (χ0v) is 11.3. The van der Waals surface area contributed by atoms with Crippen LogP contribution < -0.4 is 16.0 Å². The molecule has 0 radical (unpaired) electrons. The quantitative estimate of drug-likeness (QED) is 0.618. The fraction of sp³-hybridized carbons (Fsp3) is 1.00. The Bertz CT molecular complexity index is 286. The van der Waals surface area contributed by atoms with E-state index >= 15 is 0 Å². The van der Waals surface area contributed by atoms with E-state index in [1.807, 2.05) is 0 Å². The van der Waals surface area contributed by atoms with Crippen molar-refractivity contribution in [1.29, 1.82) is 0 Å². The molecule has 3 unspecified atom stereocenters. The van der Waals surface area contributed by atoms with Crippen molar-refractivity contribution in [3.8, 4) is 0 Å². The Morgan fingerprint density at radius 1 is 1.06 bits per heavy atom. The summed E-state index contributed by atoms with van der Waals surface area (Å²) in [5.41, 5.74) is 1.05. The van der Waals surface area contributed by atoms with E-state index in [4.69, 9.17) is 0 Å². The summed E-state index contributed by atoms with van der Waals surface area (Å²) in [6.07, 6.45) is 7.50. The van der Waals surface area contributed by atoms with Crippen LogP contribution in [0.25, 0.3) is 0 Å². The van der Waals surface area contributed by atoms with Gasteiger partial charge in [-0.05, 0) is 50.6 Å². The molecule has 0 aromatic carbocycles. The minimum atomic E-state index is 0.478. The zero-order chi connectivity index (χ0) is 12.1. The predicted octanol–water partition coefficient (Wildman–Crippen LogP) is 0.113. The van der Waals surface area contributed by atoms with E-state index in [9.17, 15) is 0 Å². The van der Waals surface area contributed by atoms with Gasteiger partial charge in [0.05, 0.1) is 6.17 Å². The van der Waals surface area contributed by atoms with E-state index < -0.39 is 0 Å². The molecule has 4 heteroatoms. The van der Waals surface area contributed by atoms with Gasteiger partial charge >= 0.3 is 0 Å². The summed E-state index contributed by atoms with van der Waals surface area (Å²) in [6, 6.07) is 0. The van der Waals surface area contributed by atoms with Gasteiger partial charge in [-0.25, -0.2) is 0 Å². The lowest BCUT2D eigenvalue weighted by molar-refractivity contribution is 0.193. The highest BCUT2D eigenvalue weighted by Crippen LogP contribution is 2.38. The first kappa shape index (κ1) is 11.6. The van der Waals surface area contributed by atoms with Crippen LogP contribution in [0.5, 0.6) is 0 Å². The highest BCUT2D eigenvalue weighted by molar-refractivity contribution is 5.05.